The van der Waals surface area contributed by atoms with Crippen molar-refractivity contribution in [3.63, 3.8) is 0 Å². The third-order valence-corrected chi connectivity index (χ3v) is 4.84. The van der Waals surface area contributed by atoms with Crippen molar-refractivity contribution in [3.05, 3.63) is 36.4 Å². The first-order chi connectivity index (χ1) is 13.3. The predicted molar refractivity (Wildman–Crippen MR) is 111 cm³/mol. The molecule has 3 rings (SSSR count). The highest BCUT2D eigenvalue weighted by molar-refractivity contribution is 5.64. The summed E-state index contributed by atoms with van der Waals surface area (Å²) in [6.07, 6.45) is 2.33. The first-order valence-electron chi connectivity index (χ1n) is 9.96. The number of ether oxygens (including phenoxy) is 1. The number of aromatic nitrogens is 2. The highest BCUT2D eigenvalue weighted by Crippen LogP contribution is 2.23. The van der Waals surface area contributed by atoms with Crippen LogP contribution in [0.4, 0.5) is 11.8 Å². The maximum absolute atomic E-state index is 5.41. The summed E-state index contributed by atoms with van der Waals surface area (Å²) in [5.74, 6) is 1.66. The molecule has 0 bridgehead atoms. The number of morpholine rings is 1. The molecule has 6 heteroatoms. The Hall–Kier alpha value is -2.18. The van der Waals surface area contributed by atoms with Gasteiger partial charge in [0.2, 0.25) is 5.95 Å². The fraction of sp³-hybridized carbons (Fsp3) is 0.524. The lowest BCUT2D eigenvalue weighted by molar-refractivity contribution is 0.0398. The van der Waals surface area contributed by atoms with Gasteiger partial charge in [0.15, 0.2) is 0 Å². The van der Waals surface area contributed by atoms with Gasteiger partial charge < -0.3 is 15.0 Å². The second-order valence-electron chi connectivity index (χ2n) is 6.96. The quantitative estimate of drug-likeness (QED) is 0.733. The number of unbranched alkanes of at least 4 members (excludes halogenated alkanes) is 1. The Morgan fingerprint density at radius 3 is 2.67 bits per heavy atom. The molecular weight excluding hydrogens is 338 g/mol. The third kappa shape index (κ3) is 5.91. The van der Waals surface area contributed by atoms with Gasteiger partial charge in [-0.25, -0.2) is 4.98 Å². The van der Waals surface area contributed by atoms with Crippen molar-refractivity contribution in [1.29, 1.82) is 0 Å². The zero-order valence-corrected chi connectivity index (χ0v) is 16.5. The van der Waals surface area contributed by atoms with Crippen molar-refractivity contribution in [2.24, 2.45) is 0 Å². The molecule has 0 radical (unpaired) electrons. The van der Waals surface area contributed by atoms with Crippen LogP contribution in [-0.2, 0) is 4.74 Å². The standard InChI is InChI=1S/C21H31N5O/c1-3-4-11-25(2)20-17-19(18-8-6-5-7-9-18)23-21(24-20)22-10-12-26-13-15-27-16-14-26/h5-9,17H,3-4,10-16H2,1-2H3,(H,22,23,24). The van der Waals surface area contributed by atoms with E-state index in [-0.39, 0.29) is 0 Å². The van der Waals surface area contributed by atoms with Crippen LogP contribution in [-0.4, -0.2) is 67.9 Å². The Balaban J connectivity index is 1.72. The van der Waals surface area contributed by atoms with E-state index in [1.165, 1.54) is 6.42 Å². The van der Waals surface area contributed by atoms with Crippen LogP contribution in [0.15, 0.2) is 36.4 Å². The zero-order chi connectivity index (χ0) is 18.9. The van der Waals surface area contributed by atoms with Gasteiger partial charge in [-0.1, -0.05) is 43.7 Å². The highest BCUT2D eigenvalue weighted by Gasteiger charge is 2.12. The van der Waals surface area contributed by atoms with Crippen LogP contribution < -0.4 is 10.2 Å². The van der Waals surface area contributed by atoms with Crippen LogP contribution in [0.3, 0.4) is 0 Å². The van der Waals surface area contributed by atoms with E-state index < -0.39 is 0 Å². The molecule has 1 aliphatic heterocycles. The molecule has 0 saturated carbocycles. The van der Waals surface area contributed by atoms with E-state index in [0.29, 0.717) is 5.95 Å². The fourth-order valence-corrected chi connectivity index (χ4v) is 3.13. The Bertz CT molecular complexity index is 688. The molecule has 0 atom stereocenters. The molecule has 1 N–H and O–H groups in total. The predicted octanol–water partition coefficient (Wildman–Crippen LogP) is 3.12. The SMILES string of the molecule is CCCCN(C)c1cc(-c2ccccc2)nc(NCCN2CCOCC2)n1. The lowest BCUT2D eigenvalue weighted by atomic mass is 10.1. The van der Waals surface area contributed by atoms with E-state index >= 15 is 0 Å². The van der Waals surface area contributed by atoms with E-state index in [1.807, 2.05) is 18.2 Å². The maximum atomic E-state index is 5.41. The van der Waals surface area contributed by atoms with E-state index in [0.717, 1.165) is 69.4 Å². The molecule has 0 amide bonds. The monoisotopic (exact) mass is 369 g/mol. The molecular formula is C21H31N5O. The number of nitrogens with one attached hydrogen (secondary N) is 1. The van der Waals surface area contributed by atoms with Gasteiger partial charge in [-0.15, -0.1) is 0 Å². The molecule has 0 aliphatic carbocycles. The summed E-state index contributed by atoms with van der Waals surface area (Å²) in [6, 6.07) is 12.4. The molecule has 2 aromatic rings. The van der Waals surface area contributed by atoms with Crippen molar-refractivity contribution in [2.75, 3.05) is 63.2 Å². The molecule has 2 heterocycles. The summed E-state index contributed by atoms with van der Waals surface area (Å²) >= 11 is 0. The van der Waals surface area contributed by atoms with Crippen molar-refractivity contribution < 1.29 is 4.74 Å². The smallest absolute Gasteiger partial charge is 0.225 e. The summed E-state index contributed by atoms with van der Waals surface area (Å²) in [6.45, 7) is 8.66. The largest absolute Gasteiger partial charge is 0.379 e. The average Bonchev–Trinajstić information content (AvgIpc) is 2.73. The second-order valence-corrected chi connectivity index (χ2v) is 6.96. The highest BCUT2D eigenvalue weighted by atomic mass is 16.5. The van der Waals surface area contributed by atoms with Gasteiger partial charge in [0.1, 0.15) is 5.82 Å². The summed E-state index contributed by atoms with van der Waals surface area (Å²) < 4.78 is 5.41. The molecule has 1 aromatic heterocycles. The first-order valence-corrected chi connectivity index (χ1v) is 9.96. The third-order valence-electron chi connectivity index (χ3n) is 4.84. The number of rotatable bonds is 9. The molecule has 27 heavy (non-hydrogen) atoms. The van der Waals surface area contributed by atoms with Gasteiger partial charge in [-0.2, -0.15) is 4.98 Å². The summed E-state index contributed by atoms with van der Waals surface area (Å²) in [7, 11) is 2.10. The molecule has 0 spiro atoms. The first kappa shape index (κ1) is 19.6. The van der Waals surface area contributed by atoms with E-state index in [9.17, 15) is 0 Å². The number of hydrogen-bond donors (Lipinski definition) is 1. The number of hydrogen-bond acceptors (Lipinski definition) is 6. The van der Waals surface area contributed by atoms with Gasteiger partial charge in [-0.3, -0.25) is 4.90 Å². The van der Waals surface area contributed by atoms with Crippen LogP contribution in [0, 0.1) is 0 Å². The van der Waals surface area contributed by atoms with Crippen molar-refractivity contribution in [1.82, 2.24) is 14.9 Å². The van der Waals surface area contributed by atoms with E-state index in [4.69, 9.17) is 14.7 Å². The topological polar surface area (TPSA) is 53.5 Å². The van der Waals surface area contributed by atoms with Crippen LogP contribution in [0.1, 0.15) is 19.8 Å². The van der Waals surface area contributed by atoms with Crippen molar-refractivity contribution in [3.8, 4) is 11.3 Å². The zero-order valence-electron chi connectivity index (χ0n) is 16.5. The Labute approximate surface area is 162 Å². The summed E-state index contributed by atoms with van der Waals surface area (Å²) in [4.78, 5) is 14.1. The lowest BCUT2D eigenvalue weighted by Crippen LogP contribution is -2.39. The minimum Gasteiger partial charge on any atom is -0.379 e. The Morgan fingerprint density at radius 2 is 1.93 bits per heavy atom. The number of benzene rings is 1. The molecule has 146 valence electrons. The molecule has 1 fully saturated rings. The molecule has 1 aromatic carbocycles. The van der Waals surface area contributed by atoms with Gasteiger partial charge in [0, 0.05) is 51.4 Å². The Kier molecular flexibility index (Phi) is 7.42. The minimum absolute atomic E-state index is 0.697. The van der Waals surface area contributed by atoms with E-state index in [1.54, 1.807) is 0 Å². The normalized spacial score (nSPS) is 14.9. The van der Waals surface area contributed by atoms with Gasteiger partial charge in [-0.05, 0) is 6.42 Å². The molecule has 1 saturated heterocycles. The van der Waals surface area contributed by atoms with Crippen LogP contribution in [0.2, 0.25) is 0 Å². The average molecular weight is 370 g/mol. The van der Waals surface area contributed by atoms with Gasteiger partial charge >= 0.3 is 0 Å². The van der Waals surface area contributed by atoms with Crippen LogP contribution in [0.5, 0.6) is 0 Å². The fourth-order valence-electron chi connectivity index (χ4n) is 3.13. The summed E-state index contributed by atoms with van der Waals surface area (Å²) in [5, 5.41) is 3.42. The second kappa shape index (κ2) is 10.2. The maximum Gasteiger partial charge on any atom is 0.225 e. The molecule has 1 aliphatic rings. The Morgan fingerprint density at radius 1 is 1.15 bits per heavy atom. The van der Waals surface area contributed by atoms with Gasteiger partial charge in [0.25, 0.3) is 0 Å². The van der Waals surface area contributed by atoms with Gasteiger partial charge in [0.05, 0.1) is 18.9 Å². The number of nitrogens with zero attached hydrogens (tertiary/aromatic N) is 4. The number of anilines is 2. The van der Waals surface area contributed by atoms with Crippen molar-refractivity contribution >= 4 is 11.8 Å². The van der Waals surface area contributed by atoms with Crippen LogP contribution >= 0.6 is 0 Å². The van der Waals surface area contributed by atoms with E-state index in [2.05, 4.69) is 47.3 Å². The molecule has 6 nitrogen and oxygen atoms in total. The van der Waals surface area contributed by atoms with Crippen LogP contribution in [0.25, 0.3) is 11.3 Å². The molecule has 0 unspecified atom stereocenters. The summed E-state index contributed by atoms with van der Waals surface area (Å²) in [5.41, 5.74) is 2.07. The lowest BCUT2D eigenvalue weighted by Gasteiger charge is -2.26. The van der Waals surface area contributed by atoms with Crippen molar-refractivity contribution in [2.45, 2.75) is 19.8 Å². The minimum atomic E-state index is 0.697.